The number of terminal acetylenes is 1. The van der Waals surface area contributed by atoms with E-state index < -0.39 is 0 Å². The molecule has 0 aliphatic carbocycles. The smallest absolute Gasteiger partial charge is 0.0533 e. The average Bonchev–Trinajstić information content (AvgIpc) is 2.38. The first-order valence-electron chi connectivity index (χ1n) is 5.24. The molecule has 0 bridgehead atoms. The van der Waals surface area contributed by atoms with Crippen molar-refractivity contribution in [2.45, 2.75) is 0 Å². The monoisotopic (exact) mass is 358 g/mol. The molecule has 0 aliphatic heterocycles. The van der Waals surface area contributed by atoms with Gasteiger partial charge in [0, 0.05) is 20.1 Å². The zero-order chi connectivity index (χ0) is 13.0. The highest BCUT2D eigenvalue weighted by Crippen LogP contribution is 2.24. The third kappa shape index (κ3) is 2.85. The van der Waals surface area contributed by atoms with Crippen LogP contribution in [0.25, 0.3) is 0 Å². The Kier molecular flexibility index (Phi) is 4.26. The van der Waals surface area contributed by atoms with E-state index in [1.807, 2.05) is 42.5 Å². The maximum Gasteiger partial charge on any atom is 0.0533 e. The summed E-state index contributed by atoms with van der Waals surface area (Å²) in [4.78, 5) is 0. The summed E-state index contributed by atoms with van der Waals surface area (Å²) in [5.41, 5.74) is 2.60. The Balaban J connectivity index is 2.48. The van der Waals surface area contributed by atoms with Crippen molar-refractivity contribution in [1.82, 2.24) is 0 Å². The molecule has 0 saturated heterocycles. The van der Waals surface area contributed by atoms with E-state index in [0.29, 0.717) is 0 Å². The molecule has 2 aromatic carbocycles. The molecule has 0 heterocycles. The summed E-state index contributed by atoms with van der Waals surface area (Å²) in [6.07, 6.45) is 5.44. The second-order valence-electron chi connectivity index (χ2n) is 3.54. The predicted molar refractivity (Wildman–Crippen MR) is 82.2 cm³/mol. The third-order valence-corrected chi connectivity index (χ3v) is 3.69. The maximum absolute atomic E-state index is 5.44. The van der Waals surface area contributed by atoms with Crippen molar-refractivity contribution in [3.05, 3.63) is 68.1 Å². The minimum atomic E-state index is 0.813. The lowest BCUT2D eigenvalue weighted by Crippen LogP contribution is -1.84. The highest BCUT2D eigenvalue weighted by Gasteiger charge is 2.01. The van der Waals surface area contributed by atoms with E-state index >= 15 is 0 Å². The molecule has 0 spiro atoms. The summed E-state index contributed by atoms with van der Waals surface area (Å²) in [7, 11) is 0. The van der Waals surface area contributed by atoms with E-state index in [4.69, 9.17) is 6.42 Å². The largest absolute Gasteiger partial charge is 0.115 e. The second-order valence-corrected chi connectivity index (χ2v) is 5.25. The van der Waals surface area contributed by atoms with Crippen LogP contribution in [0.1, 0.15) is 16.7 Å². The molecule has 0 amide bonds. The van der Waals surface area contributed by atoms with Crippen molar-refractivity contribution in [1.29, 1.82) is 0 Å². The normalized spacial score (nSPS) is 9.17. The van der Waals surface area contributed by atoms with Crippen LogP contribution in [0.5, 0.6) is 0 Å². The van der Waals surface area contributed by atoms with Gasteiger partial charge in [0.1, 0.15) is 0 Å². The molecule has 2 rings (SSSR count). The van der Waals surface area contributed by atoms with Gasteiger partial charge in [-0.3, -0.25) is 0 Å². The first-order chi connectivity index (χ1) is 8.72. The highest BCUT2D eigenvalue weighted by molar-refractivity contribution is 9.11. The Hall–Kier alpha value is -1.48. The fraction of sp³-hybridized carbons (Fsp3) is 0. The van der Waals surface area contributed by atoms with Gasteiger partial charge in [-0.25, -0.2) is 0 Å². The zero-order valence-corrected chi connectivity index (χ0v) is 12.5. The first kappa shape index (κ1) is 13.0. The Morgan fingerprint density at radius 1 is 0.778 bits per heavy atom. The van der Waals surface area contributed by atoms with Crippen LogP contribution in [-0.4, -0.2) is 0 Å². The molecule has 86 valence electrons. The molecule has 2 heteroatoms. The molecule has 2 aromatic rings. The lowest BCUT2D eigenvalue weighted by molar-refractivity contribution is 1.53. The number of hydrogen-bond donors (Lipinski definition) is 0. The van der Waals surface area contributed by atoms with Gasteiger partial charge >= 0.3 is 0 Å². The summed E-state index contributed by atoms with van der Waals surface area (Å²) in [6, 6.07) is 13.5. The first-order valence-corrected chi connectivity index (χ1v) is 6.82. The fourth-order valence-electron chi connectivity index (χ4n) is 1.47. The van der Waals surface area contributed by atoms with Crippen LogP contribution < -0.4 is 0 Å². The molecule has 0 radical (unpaired) electrons. The molecular weight excluding hydrogens is 352 g/mol. The summed E-state index contributed by atoms with van der Waals surface area (Å²) < 4.78 is 1.92. The summed E-state index contributed by atoms with van der Waals surface area (Å²) in [5.74, 6) is 8.88. The molecule has 0 saturated carbocycles. The molecule has 18 heavy (non-hydrogen) atoms. The third-order valence-electron chi connectivity index (χ3n) is 2.37. The molecule has 0 atom stereocenters. The van der Waals surface area contributed by atoms with Crippen molar-refractivity contribution in [2.75, 3.05) is 0 Å². The summed E-state index contributed by atoms with van der Waals surface area (Å²) >= 11 is 6.97. The average molecular weight is 360 g/mol. The SMILES string of the molecule is C#Cc1ccccc1C#Cc1c(Br)cccc1Br. The van der Waals surface area contributed by atoms with Gasteiger partial charge in [-0.2, -0.15) is 0 Å². The molecule has 0 aliphatic rings. The topological polar surface area (TPSA) is 0 Å². The maximum atomic E-state index is 5.44. The van der Waals surface area contributed by atoms with Gasteiger partial charge in [-0.05, 0) is 56.1 Å². The fourth-order valence-corrected chi connectivity index (χ4v) is 2.66. The summed E-state index contributed by atoms with van der Waals surface area (Å²) in [5, 5.41) is 0. The minimum absolute atomic E-state index is 0.813. The molecule has 0 N–H and O–H groups in total. The van der Waals surface area contributed by atoms with Crippen LogP contribution in [0.4, 0.5) is 0 Å². The van der Waals surface area contributed by atoms with Crippen molar-refractivity contribution >= 4 is 31.9 Å². The number of hydrogen-bond acceptors (Lipinski definition) is 0. The van der Waals surface area contributed by atoms with Crippen LogP contribution in [0.2, 0.25) is 0 Å². The van der Waals surface area contributed by atoms with Crippen LogP contribution >= 0.6 is 31.9 Å². The van der Waals surface area contributed by atoms with Gasteiger partial charge in [0.15, 0.2) is 0 Å². The Labute approximate surface area is 124 Å². The van der Waals surface area contributed by atoms with E-state index in [2.05, 4.69) is 49.6 Å². The van der Waals surface area contributed by atoms with Gasteiger partial charge in [-0.15, -0.1) is 6.42 Å². The van der Waals surface area contributed by atoms with E-state index in [1.54, 1.807) is 0 Å². The van der Waals surface area contributed by atoms with Gasteiger partial charge in [0.05, 0.1) is 5.56 Å². The Bertz CT molecular complexity index is 662. The van der Waals surface area contributed by atoms with E-state index in [-0.39, 0.29) is 0 Å². The number of rotatable bonds is 0. The van der Waals surface area contributed by atoms with Crippen LogP contribution in [0, 0.1) is 24.2 Å². The van der Waals surface area contributed by atoms with Gasteiger partial charge in [0.2, 0.25) is 0 Å². The standard InChI is InChI=1S/C16H8Br2/c1-2-12-6-3-4-7-13(12)10-11-14-15(17)8-5-9-16(14)18/h1,3-9H. The predicted octanol–water partition coefficient (Wildman–Crippen LogP) is 4.59. The van der Waals surface area contributed by atoms with Crippen molar-refractivity contribution in [2.24, 2.45) is 0 Å². The number of halogens is 2. The summed E-state index contributed by atoms with van der Waals surface area (Å²) in [6.45, 7) is 0. The van der Waals surface area contributed by atoms with E-state index in [1.165, 1.54) is 0 Å². The van der Waals surface area contributed by atoms with Gasteiger partial charge < -0.3 is 0 Å². The lowest BCUT2D eigenvalue weighted by Gasteiger charge is -1.99. The molecular formula is C16H8Br2. The van der Waals surface area contributed by atoms with E-state index in [0.717, 1.165) is 25.6 Å². The van der Waals surface area contributed by atoms with Crippen molar-refractivity contribution in [3.8, 4) is 24.2 Å². The molecule has 0 aromatic heterocycles. The lowest BCUT2D eigenvalue weighted by atomic mass is 10.1. The van der Waals surface area contributed by atoms with Gasteiger partial charge in [-0.1, -0.05) is 36.0 Å². The quantitative estimate of drug-likeness (QED) is 0.603. The number of benzene rings is 2. The second kappa shape index (κ2) is 5.91. The van der Waals surface area contributed by atoms with Crippen LogP contribution in [0.15, 0.2) is 51.4 Å². The van der Waals surface area contributed by atoms with E-state index in [9.17, 15) is 0 Å². The van der Waals surface area contributed by atoms with Crippen molar-refractivity contribution < 1.29 is 0 Å². The molecule has 0 fully saturated rings. The van der Waals surface area contributed by atoms with Gasteiger partial charge in [0.25, 0.3) is 0 Å². The Morgan fingerprint density at radius 3 is 2.00 bits per heavy atom. The minimum Gasteiger partial charge on any atom is -0.115 e. The van der Waals surface area contributed by atoms with Crippen LogP contribution in [0.3, 0.4) is 0 Å². The highest BCUT2D eigenvalue weighted by atomic mass is 79.9. The van der Waals surface area contributed by atoms with Crippen LogP contribution in [-0.2, 0) is 0 Å². The Morgan fingerprint density at radius 2 is 1.39 bits per heavy atom. The molecule has 0 unspecified atom stereocenters. The zero-order valence-electron chi connectivity index (χ0n) is 9.37. The molecule has 0 nitrogen and oxygen atoms in total. The van der Waals surface area contributed by atoms with Crippen molar-refractivity contribution in [3.63, 3.8) is 0 Å².